The van der Waals surface area contributed by atoms with Crippen LogP contribution in [0.2, 0.25) is 5.02 Å². The van der Waals surface area contributed by atoms with Gasteiger partial charge in [-0.2, -0.15) is 0 Å². The Morgan fingerprint density at radius 3 is 2.50 bits per heavy atom. The first kappa shape index (κ1) is 16.2. The number of aromatic nitrogens is 1. The molecule has 0 bridgehead atoms. The van der Waals surface area contributed by atoms with Crippen molar-refractivity contribution in [2.45, 2.75) is 0 Å². The maximum Gasteiger partial charge on any atom is 0.274 e. The Morgan fingerprint density at radius 2 is 1.65 bits per heavy atom. The van der Waals surface area contributed by atoms with Crippen molar-refractivity contribution in [3.63, 3.8) is 0 Å². The van der Waals surface area contributed by atoms with E-state index in [0.717, 1.165) is 11.4 Å². The number of halogens is 1. The van der Waals surface area contributed by atoms with Crippen LogP contribution >= 0.6 is 11.6 Å². The van der Waals surface area contributed by atoms with Crippen LogP contribution < -0.4 is 20.1 Å². The number of carbonyl (C=O) groups excluding carboxylic acids is 1. The number of amides is 1. The van der Waals surface area contributed by atoms with Crippen molar-refractivity contribution in [2.24, 2.45) is 0 Å². The van der Waals surface area contributed by atoms with Gasteiger partial charge in [-0.3, -0.25) is 9.78 Å². The van der Waals surface area contributed by atoms with Crippen molar-refractivity contribution in [1.82, 2.24) is 4.98 Å². The van der Waals surface area contributed by atoms with Crippen LogP contribution in [0.3, 0.4) is 0 Å². The summed E-state index contributed by atoms with van der Waals surface area (Å²) in [6, 6.07) is 15.9. The van der Waals surface area contributed by atoms with Gasteiger partial charge in [0.25, 0.3) is 5.91 Å². The normalized spacial score (nSPS) is 11.9. The Hall–Kier alpha value is -3.25. The minimum Gasteiger partial charge on any atom is -0.454 e. The molecule has 0 atom stereocenters. The third-order valence-corrected chi connectivity index (χ3v) is 4.01. The van der Waals surface area contributed by atoms with Crippen LogP contribution in [0.4, 0.5) is 17.1 Å². The highest BCUT2D eigenvalue weighted by molar-refractivity contribution is 6.30. The van der Waals surface area contributed by atoms with Crippen LogP contribution in [0.1, 0.15) is 10.5 Å². The van der Waals surface area contributed by atoms with E-state index in [1.165, 1.54) is 0 Å². The zero-order valence-corrected chi connectivity index (χ0v) is 14.3. The van der Waals surface area contributed by atoms with Gasteiger partial charge in [-0.05, 0) is 48.5 Å². The van der Waals surface area contributed by atoms with Gasteiger partial charge in [0.1, 0.15) is 5.69 Å². The molecule has 7 heteroatoms. The molecule has 2 N–H and O–H groups in total. The first-order valence-electron chi connectivity index (χ1n) is 7.87. The number of fused-ring (bicyclic) bond motifs is 1. The van der Waals surface area contributed by atoms with Crippen LogP contribution in [0.25, 0.3) is 0 Å². The molecule has 1 aliphatic rings. The predicted octanol–water partition coefficient (Wildman–Crippen LogP) is 4.46. The van der Waals surface area contributed by atoms with Crippen molar-refractivity contribution in [3.05, 3.63) is 71.5 Å². The van der Waals surface area contributed by atoms with E-state index in [1.807, 2.05) is 18.2 Å². The van der Waals surface area contributed by atoms with Crippen LogP contribution in [0.5, 0.6) is 11.5 Å². The highest BCUT2D eigenvalue weighted by atomic mass is 35.5. The van der Waals surface area contributed by atoms with Gasteiger partial charge < -0.3 is 20.1 Å². The van der Waals surface area contributed by atoms with Gasteiger partial charge in [0.2, 0.25) is 6.79 Å². The second-order valence-corrected chi connectivity index (χ2v) is 6.02. The molecule has 0 aliphatic carbocycles. The summed E-state index contributed by atoms with van der Waals surface area (Å²) in [5.74, 6) is 1.10. The summed E-state index contributed by atoms with van der Waals surface area (Å²) < 4.78 is 10.7. The predicted molar refractivity (Wildman–Crippen MR) is 99.5 cm³/mol. The summed E-state index contributed by atoms with van der Waals surface area (Å²) in [5, 5.41) is 6.62. The fourth-order valence-corrected chi connectivity index (χ4v) is 2.63. The lowest BCUT2D eigenvalue weighted by Gasteiger charge is -2.09. The lowest BCUT2D eigenvalue weighted by Crippen LogP contribution is -2.13. The number of benzene rings is 2. The molecule has 4 rings (SSSR count). The van der Waals surface area contributed by atoms with Gasteiger partial charge in [-0.15, -0.1) is 0 Å². The van der Waals surface area contributed by atoms with Gasteiger partial charge in [0, 0.05) is 34.3 Å². The molecule has 1 amide bonds. The third-order valence-electron chi connectivity index (χ3n) is 3.76. The molecule has 0 spiro atoms. The maximum atomic E-state index is 12.4. The smallest absolute Gasteiger partial charge is 0.274 e. The van der Waals surface area contributed by atoms with E-state index in [1.54, 1.807) is 42.6 Å². The molecule has 26 heavy (non-hydrogen) atoms. The van der Waals surface area contributed by atoms with Gasteiger partial charge in [-0.25, -0.2) is 0 Å². The highest BCUT2D eigenvalue weighted by Crippen LogP contribution is 2.35. The summed E-state index contributed by atoms with van der Waals surface area (Å²) in [6.45, 7) is 0.225. The zero-order valence-electron chi connectivity index (χ0n) is 13.5. The minimum atomic E-state index is -0.304. The Kier molecular flexibility index (Phi) is 4.33. The van der Waals surface area contributed by atoms with Crippen LogP contribution in [0.15, 0.2) is 60.8 Å². The molecule has 0 saturated heterocycles. The molecular weight excluding hydrogens is 354 g/mol. The zero-order chi connectivity index (χ0) is 17.9. The molecule has 6 nitrogen and oxygen atoms in total. The van der Waals surface area contributed by atoms with Crippen molar-refractivity contribution in [1.29, 1.82) is 0 Å². The van der Waals surface area contributed by atoms with Crippen molar-refractivity contribution in [2.75, 3.05) is 17.4 Å². The molecule has 0 unspecified atom stereocenters. The monoisotopic (exact) mass is 367 g/mol. The fourth-order valence-electron chi connectivity index (χ4n) is 2.50. The molecule has 0 radical (unpaired) electrons. The summed E-state index contributed by atoms with van der Waals surface area (Å²) in [5.41, 5.74) is 2.51. The maximum absolute atomic E-state index is 12.4. The standard InChI is InChI=1S/C19H14ClN3O3/c20-12-1-3-13(4-2-12)23-19(24)16-9-15(7-8-21-16)22-14-5-6-17-18(10-14)26-11-25-17/h1-10H,11H2,(H,21,22)(H,23,24). The average Bonchev–Trinajstić information content (AvgIpc) is 3.12. The van der Waals surface area contributed by atoms with E-state index in [2.05, 4.69) is 15.6 Å². The van der Waals surface area contributed by atoms with E-state index in [0.29, 0.717) is 27.9 Å². The molecule has 2 aromatic carbocycles. The Balaban J connectivity index is 1.49. The van der Waals surface area contributed by atoms with Gasteiger partial charge >= 0.3 is 0 Å². The van der Waals surface area contributed by atoms with Gasteiger partial charge in [0.15, 0.2) is 11.5 Å². The number of carbonyl (C=O) groups is 1. The molecule has 0 fully saturated rings. The van der Waals surface area contributed by atoms with E-state index in [9.17, 15) is 4.79 Å². The summed E-state index contributed by atoms with van der Waals surface area (Å²) in [7, 11) is 0. The molecule has 2 heterocycles. The average molecular weight is 368 g/mol. The first-order valence-corrected chi connectivity index (χ1v) is 8.25. The Bertz CT molecular complexity index is 960. The molecule has 130 valence electrons. The van der Waals surface area contributed by atoms with Gasteiger partial charge in [0.05, 0.1) is 0 Å². The number of pyridine rings is 1. The topological polar surface area (TPSA) is 72.5 Å². The number of nitrogens with zero attached hydrogens (tertiary/aromatic N) is 1. The SMILES string of the molecule is O=C(Nc1ccc(Cl)cc1)c1cc(Nc2ccc3c(c2)OCO3)ccn1. The number of hydrogen-bond donors (Lipinski definition) is 2. The van der Waals surface area contributed by atoms with Crippen LogP contribution in [-0.2, 0) is 0 Å². The summed E-state index contributed by atoms with van der Waals surface area (Å²) in [4.78, 5) is 16.5. The Morgan fingerprint density at radius 1 is 0.923 bits per heavy atom. The first-order chi connectivity index (χ1) is 12.7. The van der Waals surface area contributed by atoms with E-state index in [4.69, 9.17) is 21.1 Å². The largest absolute Gasteiger partial charge is 0.454 e. The minimum absolute atomic E-state index is 0.225. The van der Waals surface area contributed by atoms with Crippen molar-refractivity contribution in [3.8, 4) is 11.5 Å². The Labute approximate surface area is 154 Å². The molecule has 1 aromatic heterocycles. The van der Waals surface area contributed by atoms with Crippen LogP contribution in [-0.4, -0.2) is 17.7 Å². The lowest BCUT2D eigenvalue weighted by molar-refractivity contribution is 0.102. The molecular formula is C19H14ClN3O3. The van der Waals surface area contributed by atoms with Crippen LogP contribution in [0, 0.1) is 0 Å². The number of nitrogens with one attached hydrogen (secondary N) is 2. The highest BCUT2D eigenvalue weighted by Gasteiger charge is 2.14. The van der Waals surface area contributed by atoms with Gasteiger partial charge in [-0.1, -0.05) is 11.6 Å². The lowest BCUT2D eigenvalue weighted by atomic mass is 10.2. The number of hydrogen-bond acceptors (Lipinski definition) is 5. The number of ether oxygens (including phenoxy) is 2. The van der Waals surface area contributed by atoms with Crippen molar-refractivity contribution < 1.29 is 14.3 Å². The van der Waals surface area contributed by atoms with Crippen molar-refractivity contribution >= 4 is 34.6 Å². The summed E-state index contributed by atoms with van der Waals surface area (Å²) >= 11 is 5.85. The second kappa shape index (κ2) is 6.93. The molecule has 1 aliphatic heterocycles. The molecule has 0 saturated carbocycles. The quantitative estimate of drug-likeness (QED) is 0.712. The fraction of sp³-hybridized carbons (Fsp3) is 0.0526. The summed E-state index contributed by atoms with van der Waals surface area (Å²) in [6.07, 6.45) is 1.58. The van der Waals surface area contributed by atoms with E-state index < -0.39 is 0 Å². The number of anilines is 3. The van der Waals surface area contributed by atoms with E-state index in [-0.39, 0.29) is 12.7 Å². The molecule has 3 aromatic rings. The second-order valence-electron chi connectivity index (χ2n) is 5.58. The van der Waals surface area contributed by atoms with E-state index >= 15 is 0 Å². The number of rotatable bonds is 4. The third kappa shape index (κ3) is 3.55.